The average Bonchev–Trinajstić information content (AvgIpc) is 2.39. The number of rotatable bonds is 4. The van der Waals surface area contributed by atoms with Crippen LogP contribution in [0, 0.1) is 5.92 Å². The van der Waals surface area contributed by atoms with E-state index in [4.69, 9.17) is 10.5 Å². The van der Waals surface area contributed by atoms with Gasteiger partial charge in [0.25, 0.3) is 0 Å². The largest absolute Gasteiger partial charge is 0.478 e. The van der Waals surface area contributed by atoms with E-state index in [0.29, 0.717) is 24.4 Å². The molecule has 0 spiro atoms. The smallest absolute Gasteiger partial charge is 0.215 e. The lowest BCUT2D eigenvalue weighted by Crippen LogP contribution is -2.40. The van der Waals surface area contributed by atoms with Gasteiger partial charge >= 0.3 is 0 Å². The van der Waals surface area contributed by atoms with Crippen LogP contribution in [-0.2, 0) is 0 Å². The molecule has 2 rings (SSSR count). The number of hydrogen-bond donors (Lipinski definition) is 1. The van der Waals surface area contributed by atoms with Gasteiger partial charge in [0.15, 0.2) is 0 Å². The summed E-state index contributed by atoms with van der Waals surface area (Å²) in [5.74, 6) is 2.38. The highest BCUT2D eigenvalue weighted by Crippen LogP contribution is 2.24. The summed E-state index contributed by atoms with van der Waals surface area (Å²) in [6.45, 7) is 6.81. The Bertz CT molecular complexity index is 373. The zero-order chi connectivity index (χ0) is 13.0. The number of aromatic nitrogens is 1. The summed E-state index contributed by atoms with van der Waals surface area (Å²) in [6.07, 6.45) is 2.30. The van der Waals surface area contributed by atoms with E-state index < -0.39 is 0 Å². The monoisotopic (exact) mass is 249 g/mol. The van der Waals surface area contributed by atoms with E-state index in [1.54, 1.807) is 0 Å². The molecule has 0 bridgehead atoms. The number of nitrogens with zero attached hydrogens (tertiary/aromatic N) is 2. The SMILES string of the molecule is CCOc1cccc(N2CCC(C(C)N)CC2)n1. The Hall–Kier alpha value is -1.29. The lowest BCUT2D eigenvalue weighted by atomic mass is 9.91. The predicted molar refractivity (Wildman–Crippen MR) is 74.0 cm³/mol. The minimum atomic E-state index is 0.301. The molecule has 1 aliphatic heterocycles. The fraction of sp³-hybridized carbons (Fsp3) is 0.643. The first-order valence-corrected chi connectivity index (χ1v) is 6.81. The third kappa shape index (κ3) is 3.13. The van der Waals surface area contributed by atoms with Crippen LogP contribution in [0.1, 0.15) is 26.7 Å². The molecule has 1 unspecified atom stereocenters. The van der Waals surface area contributed by atoms with Crippen molar-refractivity contribution >= 4 is 5.82 Å². The Kier molecular flexibility index (Phi) is 4.42. The molecule has 1 aromatic rings. The van der Waals surface area contributed by atoms with Crippen molar-refractivity contribution < 1.29 is 4.74 Å². The molecule has 4 nitrogen and oxygen atoms in total. The third-order valence-electron chi connectivity index (χ3n) is 3.61. The number of pyridine rings is 1. The first kappa shape index (κ1) is 13.1. The van der Waals surface area contributed by atoms with Crippen LogP contribution in [-0.4, -0.2) is 30.7 Å². The van der Waals surface area contributed by atoms with Gasteiger partial charge in [0.1, 0.15) is 5.82 Å². The minimum Gasteiger partial charge on any atom is -0.478 e. The quantitative estimate of drug-likeness (QED) is 0.887. The molecule has 100 valence electrons. The molecule has 1 atom stereocenters. The van der Waals surface area contributed by atoms with Crippen molar-refractivity contribution in [3.05, 3.63) is 18.2 Å². The van der Waals surface area contributed by atoms with Crippen molar-refractivity contribution in [3.63, 3.8) is 0 Å². The van der Waals surface area contributed by atoms with Gasteiger partial charge in [-0.2, -0.15) is 4.98 Å². The molecule has 1 saturated heterocycles. The molecular weight excluding hydrogens is 226 g/mol. The van der Waals surface area contributed by atoms with Crippen LogP contribution < -0.4 is 15.4 Å². The Morgan fingerprint density at radius 1 is 1.44 bits per heavy atom. The average molecular weight is 249 g/mol. The van der Waals surface area contributed by atoms with Gasteiger partial charge in [-0.15, -0.1) is 0 Å². The Balaban J connectivity index is 1.98. The first-order valence-electron chi connectivity index (χ1n) is 6.81. The zero-order valence-electron chi connectivity index (χ0n) is 11.3. The van der Waals surface area contributed by atoms with E-state index in [2.05, 4.69) is 22.9 Å². The van der Waals surface area contributed by atoms with Gasteiger partial charge in [-0.05, 0) is 38.7 Å². The third-order valence-corrected chi connectivity index (χ3v) is 3.61. The normalized spacial score (nSPS) is 18.7. The van der Waals surface area contributed by atoms with E-state index in [-0.39, 0.29) is 0 Å². The van der Waals surface area contributed by atoms with Gasteiger partial charge in [0.05, 0.1) is 6.61 Å². The van der Waals surface area contributed by atoms with Gasteiger partial charge in [-0.25, -0.2) is 0 Å². The number of ether oxygens (including phenoxy) is 1. The standard InChI is InChI=1S/C14H23N3O/c1-3-18-14-6-4-5-13(16-14)17-9-7-12(8-10-17)11(2)15/h4-6,11-12H,3,7-10,15H2,1-2H3. The number of anilines is 1. The molecule has 18 heavy (non-hydrogen) atoms. The minimum absolute atomic E-state index is 0.301. The maximum atomic E-state index is 5.96. The molecule has 1 fully saturated rings. The fourth-order valence-corrected chi connectivity index (χ4v) is 2.46. The van der Waals surface area contributed by atoms with Crippen LogP contribution in [0.2, 0.25) is 0 Å². The van der Waals surface area contributed by atoms with Crippen molar-refractivity contribution in [2.24, 2.45) is 11.7 Å². The Morgan fingerprint density at radius 2 is 2.17 bits per heavy atom. The van der Waals surface area contributed by atoms with Crippen molar-refractivity contribution in [1.82, 2.24) is 4.98 Å². The van der Waals surface area contributed by atoms with Crippen LogP contribution in [0.5, 0.6) is 5.88 Å². The molecule has 1 aromatic heterocycles. The molecule has 0 aromatic carbocycles. The van der Waals surface area contributed by atoms with Gasteiger partial charge in [-0.1, -0.05) is 6.07 Å². The summed E-state index contributed by atoms with van der Waals surface area (Å²) in [7, 11) is 0. The van der Waals surface area contributed by atoms with Crippen LogP contribution in [0.3, 0.4) is 0 Å². The summed E-state index contributed by atoms with van der Waals surface area (Å²) in [6, 6.07) is 6.26. The first-order chi connectivity index (χ1) is 8.70. The van der Waals surface area contributed by atoms with E-state index in [0.717, 1.165) is 31.7 Å². The number of piperidine rings is 1. The summed E-state index contributed by atoms with van der Waals surface area (Å²) in [5, 5.41) is 0. The summed E-state index contributed by atoms with van der Waals surface area (Å²) >= 11 is 0. The molecule has 1 aliphatic rings. The van der Waals surface area contributed by atoms with Gasteiger partial charge in [0, 0.05) is 25.2 Å². The molecule has 0 amide bonds. The molecule has 4 heteroatoms. The molecular formula is C14H23N3O. The van der Waals surface area contributed by atoms with Crippen LogP contribution >= 0.6 is 0 Å². The fourth-order valence-electron chi connectivity index (χ4n) is 2.46. The molecule has 0 aliphatic carbocycles. The highest BCUT2D eigenvalue weighted by atomic mass is 16.5. The lowest BCUT2D eigenvalue weighted by Gasteiger charge is -2.34. The zero-order valence-corrected chi connectivity index (χ0v) is 11.3. The maximum absolute atomic E-state index is 5.96. The maximum Gasteiger partial charge on any atom is 0.215 e. The summed E-state index contributed by atoms with van der Waals surface area (Å²) in [4.78, 5) is 6.85. The van der Waals surface area contributed by atoms with Gasteiger partial charge in [0.2, 0.25) is 5.88 Å². The van der Waals surface area contributed by atoms with Crippen LogP contribution in [0.15, 0.2) is 18.2 Å². The molecule has 2 heterocycles. The highest BCUT2D eigenvalue weighted by molar-refractivity contribution is 5.41. The van der Waals surface area contributed by atoms with E-state index >= 15 is 0 Å². The van der Waals surface area contributed by atoms with Gasteiger partial charge < -0.3 is 15.4 Å². The van der Waals surface area contributed by atoms with Crippen LogP contribution in [0.4, 0.5) is 5.82 Å². The Labute approximate surface area is 109 Å². The highest BCUT2D eigenvalue weighted by Gasteiger charge is 2.22. The van der Waals surface area contributed by atoms with E-state index in [1.807, 2.05) is 19.1 Å². The number of nitrogens with two attached hydrogens (primary N) is 1. The van der Waals surface area contributed by atoms with Gasteiger partial charge in [-0.3, -0.25) is 0 Å². The van der Waals surface area contributed by atoms with Crippen LogP contribution in [0.25, 0.3) is 0 Å². The van der Waals surface area contributed by atoms with E-state index in [1.165, 1.54) is 0 Å². The molecule has 0 radical (unpaired) electrons. The van der Waals surface area contributed by atoms with E-state index in [9.17, 15) is 0 Å². The van der Waals surface area contributed by atoms with Crippen molar-refractivity contribution in [2.45, 2.75) is 32.7 Å². The summed E-state index contributed by atoms with van der Waals surface area (Å²) in [5.41, 5.74) is 5.96. The van der Waals surface area contributed by atoms with Crippen molar-refractivity contribution in [3.8, 4) is 5.88 Å². The predicted octanol–water partition coefficient (Wildman–Crippen LogP) is 2.04. The number of hydrogen-bond acceptors (Lipinski definition) is 4. The second-order valence-electron chi connectivity index (χ2n) is 4.95. The second kappa shape index (κ2) is 6.05. The summed E-state index contributed by atoms with van der Waals surface area (Å²) < 4.78 is 5.44. The second-order valence-corrected chi connectivity index (χ2v) is 4.95. The Morgan fingerprint density at radius 3 is 2.78 bits per heavy atom. The lowest BCUT2D eigenvalue weighted by molar-refractivity contribution is 0.325. The molecule has 2 N–H and O–H groups in total. The topological polar surface area (TPSA) is 51.4 Å². The van der Waals surface area contributed by atoms with Crippen molar-refractivity contribution in [2.75, 3.05) is 24.6 Å². The van der Waals surface area contributed by atoms with Crippen molar-refractivity contribution in [1.29, 1.82) is 0 Å². The molecule has 0 saturated carbocycles.